The molecule has 0 radical (unpaired) electrons. The zero-order valence-electron chi connectivity index (χ0n) is 18.4. The van der Waals surface area contributed by atoms with E-state index in [-0.39, 0.29) is 0 Å². The molecule has 150 valence electrons. The summed E-state index contributed by atoms with van der Waals surface area (Å²) in [6.45, 7) is 10.4. The minimum Gasteiger partial charge on any atom is -0.0654 e. The zero-order valence-corrected chi connectivity index (χ0v) is 18.4. The van der Waals surface area contributed by atoms with Crippen molar-refractivity contribution < 1.29 is 0 Å². The molecule has 0 aromatic rings. The highest BCUT2D eigenvalue weighted by molar-refractivity contribution is 5.08. The third kappa shape index (κ3) is 3.20. The maximum atomic E-state index is 2.74. The van der Waals surface area contributed by atoms with Gasteiger partial charge in [-0.25, -0.2) is 0 Å². The fourth-order valence-electron chi connectivity index (χ4n) is 9.09. The molecule has 0 aliphatic heterocycles. The van der Waals surface area contributed by atoms with Gasteiger partial charge in [-0.15, -0.1) is 0 Å². The SMILES string of the molecule is CCCCCC[C@H]1C[C@H]2[C@@H]3CC[C@H]4C(C)CCC[C@]4(C)[C@H]3CC[C@]2(C)C1. The van der Waals surface area contributed by atoms with E-state index in [9.17, 15) is 0 Å². The quantitative estimate of drug-likeness (QED) is 0.434. The van der Waals surface area contributed by atoms with Crippen LogP contribution in [0.3, 0.4) is 0 Å². The third-order valence-electron chi connectivity index (χ3n) is 10.3. The van der Waals surface area contributed by atoms with Gasteiger partial charge in [-0.1, -0.05) is 72.6 Å². The van der Waals surface area contributed by atoms with Gasteiger partial charge in [-0.2, -0.15) is 0 Å². The average Bonchev–Trinajstić information content (AvgIpc) is 2.95. The van der Waals surface area contributed by atoms with E-state index in [0.717, 1.165) is 35.5 Å². The Balaban J connectivity index is 1.45. The van der Waals surface area contributed by atoms with Gasteiger partial charge in [0.25, 0.3) is 0 Å². The second-order valence-corrected chi connectivity index (χ2v) is 11.8. The summed E-state index contributed by atoms with van der Waals surface area (Å²) in [4.78, 5) is 0. The number of unbranched alkanes of at least 4 members (excludes halogenated alkanes) is 3. The monoisotopic (exact) mass is 358 g/mol. The van der Waals surface area contributed by atoms with Crippen molar-refractivity contribution >= 4 is 0 Å². The lowest BCUT2D eigenvalue weighted by molar-refractivity contribution is -0.118. The molecule has 8 atom stereocenters. The highest BCUT2D eigenvalue weighted by atomic mass is 14.6. The first-order valence-electron chi connectivity index (χ1n) is 12.5. The van der Waals surface area contributed by atoms with E-state index in [0.29, 0.717) is 10.8 Å². The predicted octanol–water partition coefficient (Wildman–Crippen LogP) is 8.25. The van der Waals surface area contributed by atoms with Gasteiger partial charge >= 0.3 is 0 Å². The molecule has 0 amide bonds. The van der Waals surface area contributed by atoms with E-state index in [1.165, 1.54) is 38.5 Å². The first-order chi connectivity index (χ1) is 12.5. The summed E-state index contributed by atoms with van der Waals surface area (Å²) in [6.07, 6.45) is 21.4. The molecule has 0 saturated heterocycles. The molecule has 0 N–H and O–H groups in total. The molecule has 4 saturated carbocycles. The molecule has 26 heavy (non-hydrogen) atoms. The Labute approximate surface area is 164 Å². The van der Waals surface area contributed by atoms with Crippen molar-refractivity contribution in [1.29, 1.82) is 0 Å². The topological polar surface area (TPSA) is 0 Å². The van der Waals surface area contributed by atoms with Crippen LogP contribution in [0, 0.1) is 46.3 Å². The Morgan fingerprint density at radius 1 is 0.846 bits per heavy atom. The number of rotatable bonds is 5. The minimum atomic E-state index is 0.696. The maximum Gasteiger partial charge on any atom is -0.0264 e. The predicted molar refractivity (Wildman–Crippen MR) is 113 cm³/mol. The lowest BCUT2D eigenvalue weighted by atomic mass is 9.44. The van der Waals surface area contributed by atoms with Crippen LogP contribution < -0.4 is 0 Å². The Kier molecular flexibility index (Phi) is 5.53. The van der Waals surface area contributed by atoms with Gasteiger partial charge in [0.2, 0.25) is 0 Å². The molecular weight excluding hydrogens is 312 g/mol. The molecule has 4 aliphatic rings. The summed E-state index contributed by atoms with van der Waals surface area (Å²) in [6, 6.07) is 0. The first-order valence-corrected chi connectivity index (χ1v) is 12.5. The van der Waals surface area contributed by atoms with Gasteiger partial charge in [-0.05, 0) is 91.3 Å². The normalized spacial score (nSPS) is 50.8. The van der Waals surface area contributed by atoms with Gasteiger partial charge in [0, 0.05) is 0 Å². The summed E-state index contributed by atoms with van der Waals surface area (Å²) in [5.74, 6) is 6.34. The molecular formula is C26H46. The second kappa shape index (κ2) is 7.44. The van der Waals surface area contributed by atoms with Gasteiger partial charge in [0.05, 0.1) is 0 Å². The van der Waals surface area contributed by atoms with E-state index in [1.807, 2.05) is 0 Å². The molecule has 4 rings (SSSR count). The zero-order chi connectivity index (χ0) is 18.4. The summed E-state index contributed by atoms with van der Waals surface area (Å²) >= 11 is 0. The largest absolute Gasteiger partial charge is 0.0654 e. The summed E-state index contributed by atoms with van der Waals surface area (Å²) in [7, 11) is 0. The molecule has 4 fully saturated rings. The highest BCUT2D eigenvalue weighted by Crippen LogP contribution is 2.67. The van der Waals surface area contributed by atoms with Gasteiger partial charge in [0.1, 0.15) is 0 Å². The van der Waals surface area contributed by atoms with E-state index in [4.69, 9.17) is 0 Å². The van der Waals surface area contributed by atoms with Crippen LogP contribution in [-0.2, 0) is 0 Å². The van der Waals surface area contributed by atoms with Crippen LogP contribution in [0.25, 0.3) is 0 Å². The van der Waals surface area contributed by atoms with Crippen LogP contribution in [0.1, 0.15) is 118 Å². The summed E-state index contributed by atoms with van der Waals surface area (Å²) < 4.78 is 0. The van der Waals surface area contributed by atoms with Crippen LogP contribution in [0.2, 0.25) is 0 Å². The number of hydrogen-bond acceptors (Lipinski definition) is 0. The molecule has 0 nitrogen and oxygen atoms in total. The number of fused-ring (bicyclic) bond motifs is 5. The molecule has 0 aromatic carbocycles. The van der Waals surface area contributed by atoms with E-state index in [2.05, 4.69) is 27.7 Å². The van der Waals surface area contributed by atoms with Gasteiger partial charge < -0.3 is 0 Å². The first kappa shape index (κ1) is 19.3. The van der Waals surface area contributed by atoms with Crippen LogP contribution in [0.15, 0.2) is 0 Å². The summed E-state index contributed by atoms with van der Waals surface area (Å²) in [5, 5.41) is 0. The van der Waals surface area contributed by atoms with Crippen molar-refractivity contribution in [1.82, 2.24) is 0 Å². The van der Waals surface area contributed by atoms with Gasteiger partial charge in [-0.3, -0.25) is 0 Å². The van der Waals surface area contributed by atoms with E-state index >= 15 is 0 Å². The lowest BCUT2D eigenvalue weighted by Crippen LogP contribution is -2.53. The standard InChI is InChI=1S/C26H46/c1-5-6-7-8-11-20-17-24-21-12-13-22-19(2)10-9-15-26(22,4)23(21)14-16-25(24,3)18-20/h19-24H,5-18H2,1-4H3/t19?,20-,21+,22-,23-,24-,25+,26-/m0/s1. The molecule has 4 aliphatic carbocycles. The second-order valence-electron chi connectivity index (χ2n) is 11.8. The number of hydrogen-bond donors (Lipinski definition) is 0. The molecule has 0 heterocycles. The van der Waals surface area contributed by atoms with Crippen molar-refractivity contribution in [3.05, 3.63) is 0 Å². The van der Waals surface area contributed by atoms with Crippen molar-refractivity contribution in [3.8, 4) is 0 Å². The average molecular weight is 359 g/mol. The minimum absolute atomic E-state index is 0.696. The Hall–Kier alpha value is 0. The van der Waals surface area contributed by atoms with Crippen molar-refractivity contribution in [3.63, 3.8) is 0 Å². The lowest BCUT2D eigenvalue weighted by Gasteiger charge is -2.61. The van der Waals surface area contributed by atoms with Crippen LogP contribution in [-0.4, -0.2) is 0 Å². The van der Waals surface area contributed by atoms with Crippen molar-refractivity contribution in [2.24, 2.45) is 46.3 Å². The molecule has 0 heteroatoms. The van der Waals surface area contributed by atoms with Crippen LogP contribution >= 0.6 is 0 Å². The Morgan fingerprint density at radius 2 is 1.69 bits per heavy atom. The van der Waals surface area contributed by atoms with Crippen molar-refractivity contribution in [2.75, 3.05) is 0 Å². The van der Waals surface area contributed by atoms with Crippen LogP contribution in [0.5, 0.6) is 0 Å². The Morgan fingerprint density at radius 3 is 2.50 bits per heavy atom. The molecule has 0 spiro atoms. The van der Waals surface area contributed by atoms with Gasteiger partial charge in [0.15, 0.2) is 0 Å². The van der Waals surface area contributed by atoms with E-state index in [1.54, 1.807) is 51.4 Å². The van der Waals surface area contributed by atoms with Crippen LogP contribution in [0.4, 0.5) is 0 Å². The van der Waals surface area contributed by atoms with E-state index < -0.39 is 0 Å². The fourth-order valence-corrected chi connectivity index (χ4v) is 9.09. The smallest absolute Gasteiger partial charge is 0.0264 e. The third-order valence-corrected chi connectivity index (χ3v) is 10.3. The molecule has 0 bridgehead atoms. The van der Waals surface area contributed by atoms with Crippen molar-refractivity contribution in [2.45, 2.75) is 118 Å². The highest BCUT2D eigenvalue weighted by Gasteiger charge is 2.59. The molecule has 1 unspecified atom stereocenters. The fraction of sp³-hybridized carbons (Fsp3) is 1.00. The molecule has 0 aromatic heterocycles. The Bertz CT molecular complexity index is 480. The summed E-state index contributed by atoms with van der Waals surface area (Å²) in [5.41, 5.74) is 1.40. The maximum absolute atomic E-state index is 2.74.